The number of nitrogens with zero attached hydrogens (tertiary/aromatic N) is 1. The Hall–Kier alpha value is -2.62. The molecule has 2 aromatic carbocycles. The highest BCUT2D eigenvalue weighted by atomic mass is 16.5. The van der Waals surface area contributed by atoms with Gasteiger partial charge in [-0.05, 0) is 61.0 Å². The van der Waals surface area contributed by atoms with E-state index >= 15 is 0 Å². The molecule has 20 heavy (non-hydrogen) atoms. The van der Waals surface area contributed by atoms with E-state index in [1.807, 2.05) is 0 Å². The van der Waals surface area contributed by atoms with Crippen LogP contribution in [0.15, 0.2) is 53.5 Å². The molecule has 0 radical (unpaired) electrons. The zero-order valence-electron chi connectivity index (χ0n) is 11.1. The van der Waals surface area contributed by atoms with Crippen LogP contribution in [0.4, 0.5) is 5.69 Å². The number of aliphatic imine (C=N–C) groups is 1. The summed E-state index contributed by atoms with van der Waals surface area (Å²) in [4.78, 5) is 15.8. The molecule has 102 valence electrons. The number of phenolic OH excluding ortho intramolecular Hbond substituents is 1. The van der Waals surface area contributed by atoms with Gasteiger partial charge in [-0.15, -0.1) is 0 Å². The number of ether oxygens (including phenoxy) is 1. The van der Waals surface area contributed by atoms with Crippen molar-refractivity contribution in [2.24, 2.45) is 4.99 Å². The highest BCUT2D eigenvalue weighted by Crippen LogP contribution is 2.14. The van der Waals surface area contributed by atoms with Gasteiger partial charge in [-0.3, -0.25) is 4.99 Å². The molecule has 4 nitrogen and oxygen atoms in total. The Morgan fingerprint density at radius 1 is 1.15 bits per heavy atom. The van der Waals surface area contributed by atoms with Crippen molar-refractivity contribution >= 4 is 17.9 Å². The molecule has 0 unspecified atom stereocenters. The van der Waals surface area contributed by atoms with E-state index in [2.05, 4.69) is 4.99 Å². The number of esters is 1. The molecule has 0 heterocycles. The van der Waals surface area contributed by atoms with Crippen LogP contribution in [0.3, 0.4) is 0 Å². The molecule has 4 heteroatoms. The first-order valence-corrected chi connectivity index (χ1v) is 6.29. The molecule has 0 atom stereocenters. The largest absolute Gasteiger partial charge is 0.508 e. The van der Waals surface area contributed by atoms with E-state index < -0.39 is 0 Å². The van der Waals surface area contributed by atoms with Gasteiger partial charge in [-0.25, -0.2) is 4.79 Å². The van der Waals surface area contributed by atoms with Crippen LogP contribution < -0.4 is 0 Å². The number of hydrogen-bond donors (Lipinski definition) is 1. The second-order valence-electron chi connectivity index (χ2n) is 4.12. The summed E-state index contributed by atoms with van der Waals surface area (Å²) in [6, 6.07) is 13.6. The minimum Gasteiger partial charge on any atom is -0.508 e. The lowest BCUT2D eigenvalue weighted by molar-refractivity contribution is 0.0526. The Morgan fingerprint density at radius 2 is 1.80 bits per heavy atom. The average molecular weight is 269 g/mol. The Morgan fingerprint density at radius 3 is 2.40 bits per heavy atom. The van der Waals surface area contributed by atoms with Gasteiger partial charge < -0.3 is 9.84 Å². The van der Waals surface area contributed by atoms with Crippen molar-refractivity contribution in [1.29, 1.82) is 0 Å². The van der Waals surface area contributed by atoms with Gasteiger partial charge in [-0.1, -0.05) is 0 Å². The second kappa shape index (κ2) is 6.52. The molecule has 1 N–H and O–H groups in total. The van der Waals surface area contributed by atoms with Crippen molar-refractivity contribution in [3.8, 4) is 5.75 Å². The minimum atomic E-state index is -0.332. The summed E-state index contributed by atoms with van der Waals surface area (Å²) in [6.07, 6.45) is 1.69. The number of rotatable bonds is 4. The van der Waals surface area contributed by atoms with Crippen LogP contribution >= 0.6 is 0 Å². The maximum absolute atomic E-state index is 11.5. The van der Waals surface area contributed by atoms with Crippen LogP contribution in [-0.4, -0.2) is 23.9 Å². The maximum atomic E-state index is 11.5. The minimum absolute atomic E-state index is 0.223. The number of benzene rings is 2. The van der Waals surface area contributed by atoms with Crippen molar-refractivity contribution in [2.45, 2.75) is 6.92 Å². The summed E-state index contributed by atoms with van der Waals surface area (Å²) < 4.78 is 4.91. The van der Waals surface area contributed by atoms with E-state index in [9.17, 15) is 9.90 Å². The third-order valence-electron chi connectivity index (χ3n) is 2.63. The first kappa shape index (κ1) is 13.8. The molecule has 0 aromatic heterocycles. The highest BCUT2D eigenvalue weighted by Gasteiger charge is 2.04. The fourth-order valence-corrected chi connectivity index (χ4v) is 1.61. The Bertz CT molecular complexity index is 601. The van der Waals surface area contributed by atoms with Crippen molar-refractivity contribution < 1.29 is 14.6 Å². The predicted octanol–water partition coefficient (Wildman–Crippen LogP) is 3.32. The summed E-state index contributed by atoms with van der Waals surface area (Å²) >= 11 is 0. The van der Waals surface area contributed by atoms with Gasteiger partial charge >= 0.3 is 5.97 Å². The Labute approximate surface area is 117 Å². The summed E-state index contributed by atoms with van der Waals surface area (Å²) in [6.45, 7) is 2.13. The molecular weight excluding hydrogens is 254 g/mol. The van der Waals surface area contributed by atoms with Crippen molar-refractivity contribution in [3.05, 3.63) is 59.7 Å². The summed E-state index contributed by atoms with van der Waals surface area (Å²) in [7, 11) is 0. The standard InChI is InChI=1S/C16H15NO3/c1-2-20-16(19)13-5-7-14(8-6-13)17-11-12-3-9-15(18)10-4-12/h3-11,18H,2H2,1H3. The lowest BCUT2D eigenvalue weighted by Gasteiger charge is -2.01. The maximum Gasteiger partial charge on any atom is 0.338 e. The topological polar surface area (TPSA) is 58.9 Å². The van der Waals surface area contributed by atoms with Crippen LogP contribution in [0, 0.1) is 0 Å². The van der Waals surface area contributed by atoms with Gasteiger partial charge in [0.1, 0.15) is 5.75 Å². The van der Waals surface area contributed by atoms with E-state index in [4.69, 9.17) is 4.74 Å². The number of carbonyl (C=O) groups is 1. The van der Waals surface area contributed by atoms with Crippen molar-refractivity contribution in [3.63, 3.8) is 0 Å². The summed E-state index contributed by atoms with van der Waals surface area (Å²) in [5.41, 5.74) is 2.14. The second-order valence-corrected chi connectivity index (χ2v) is 4.12. The molecule has 0 bridgehead atoms. The zero-order chi connectivity index (χ0) is 14.4. The predicted molar refractivity (Wildman–Crippen MR) is 77.8 cm³/mol. The van der Waals surface area contributed by atoms with Crippen molar-refractivity contribution in [2.75, 3.05) is 6.61 Å². The normalized spacial score (nSPS) is 10.7. The number of hydrogen-bond acceptors (Lipinski definition) is 4. The molecular formula is C16H15NO3. The molecule has 0 saturated carbocycles. The first-order chi connectivity index (χ1) is 9.69. The Kier molecular flexibility index (Phi) is 4.50. The van der Waals surface area contributed by atoms with Gasteiger partial charge in [0.05, 0.1) is 17.9 Å². The monoisotopic (exact) mass is 269 g/mol. The average Bonchev–Trinajstić information content (AvgIpc) is 2.47. The smallest absolute Gasteiger partial charge is 0.338 e. The summed E-state index contributed by atoms with van der Waals surface area (Å²) in [5, 5.41) is 9.18. The van der Waals surface area contributed by atoms with E-state index in [1.165, 1.54) is 0 Å². The van der Waals surface area contributed by atoms with E-state index in [-0.39, 0.29) is 11.7 Å². The molecule has 2 rings (SSSR count). The van der Waals surface area contributed by atoms with Crippen LogP contribution in [0.1, 0.15) is 22.8 Å². The Balaban J connectivity index is 2.07. The molecule has 0 fully saturated rings. The first-order valence-electron chi connectivity index (χ1n) is 6.29. The molecule has 0 aliphatic rings. The van der Waals surface area contributed by atoms with Gasteiger partial charge in [0.25, 0.3) is 0 Å². The van der Waals surface area contributed by atoms with E-state index in [0.29, 0.717) is 12.2 Å². The van der Waals surface area contributed by atoms with Crippen LogP contribution in [0.2, 0.25) is 0 Å². The summed E-state index contributed by atoms with van der Waals surface area (Å²) in [5.74, 6) is -0.109. The molecule has 2 aromatic rings. The van der Waals surface area contributed by atoms with E-state index in [0.717, 1.165) is 11.3 Å². The van der Waals surface area contributed by atoms with E-state index in [1.54, 1.807) is 61.7 Å². The number of phenols is 1. The quantitative estimate of drug-likeness (QED) is 0.684. The SMILES string of the molecule is CCOC(=O)c1ccc(N=Cc2ccc(O)cc2)cc1. The highest BCUT2D eigenvalue weighted by molar-refractivity contribution is 5.90. The molecule has 0 spiro atoms. The molecule has 0 amide bonds. The third kappa shape index (κ3) is 3.68. The number of aromatic hydroxyl groups is 1. The molecule has 0 saturated heterocycles. The lowest BCUT2D eigenvalue weighted by Crippen LogP contribution is -2.03. The fourth-order valence-electron chi connectivity index (χ4n) is 1.61. The van der Waals surface area contributed by atoms with Gasteiger partial charge in [0, 0.05) is 6.21 Å². The zero-order valence-corrected chi connectivity index (χ0v) is 11.1. The third-order valence-corrected chi connectivity index (χ3v) is 2.63. The van der Waals surface area contributed by atoms with Crippen LogP contribution in [0.5, 0.6) is 5.75 Å². The van der Waals surface area contributed by atoms with Crippen LogP contribution in [0.25, 0.3) is 0 Å². The van der Waals surface area contributed by atoms with Gasteiger partial charge in [0.2, 0.25) is 0 Å². The van der Waals surface area contributed by atoms with Gasteiger partial charge in [-0.2, -0.15) is 0 Å². The molecule has 0 aliphatic heterocycles. The molecule has 0 aliphatic carbocycles. The fraction of sp³-hybridized carbons (Fsp3) is 0.125. The number of carbonyl (C=O) groups excluding carboxylic acids is 1. The van der Waals surface area contributed by atoms with Crippen molar-refractivity contribution in [1.82, 2.24) is 0 Å². The lowest BCUT2D eigenvalue weighted by atomic mass is 10.2. The van der Waals surface area contributed by atoms with Crippen LogP contribution in [-0.2, 0) is 4.74 Å². The van der Waals surface area contributed by atoms with Gasteiger partial charge in [0.15, 0.2) is 0 Å².